The summed E-state index contributed by atoms with van der Waals surface area (Å²) in [7, 11) is 0. The lowest BCUT2D eigenvalue weighted by Crippen LogP contribution is -2.36. The number of benzene rings is 1. The summed E-state index contributed by atoms with van der Waals surface area (Å²) in [4.78, 5) is 33.9. The van der Waals surface area contributed by atoms with Crippen LogP contribution in [0.3, 0.4) is 0 Å². The maximum atomic E-state index is 15.0. The van der Waals surface area contributed by atoms with Crippen molar-refractivity contribution in [3.05, 3.63) is 69.9 Å². The zero-order valence-corrected chi connectivity index (χ0v) is 17.3. The first-order valence-electron chi connectivity index (χ1n) is 10.3. The van der Waals surface area contributed by atoms with Crippen LogP contribution in [0.25, 0.3) is 27.8 Å². The van der Waals surface area contributed by atoms with Crippen molar-refractivity contribution in [2.75, 3.05) is 18.0 Å². The molecule has 4 aromatic heterocycles. The molecule has 0 bridgehead atoms. The molecule has 0 spiro atoms. The molecule has 0 amide bonds. The number of alkyl halides is 2. The Labute approximate surface area is 188 Å². The lowest BCUT2D eigenvalue weighted by molar-refractivity contribution is -0.0593. The van der Waals surface area contributed by atoms with Crippen LogP contribution in [0.15, 0.2) is 58.6 Å². The van der Waals surface area contributed by atoms with Gasteiger partial charge in [-0.2, -0.15) is 10.2 Å². The van der Waals surface area contributed by atoms with Gasteiger partial charge in [-0.25, -0.2) is 23.1 Å². The van der Waals surface area contributed by atoms with Gasteiger partial charge in [0.25, 0.3) is 5.56 Å². The molecule has 172 valence electrons. The minimum absolute atomic E-state index is 0.0862. The summed E-state index contributed by atoms with van der Waals surface area (Å²) in [6, 6.07) is 6.49. The van der Waals surface area contributed by atoms with E-state index in [1.807, 2.05) is 0 Å². The van der Waals surface area contributed by atoms with Gasteiger partial charge in [0.05, 0.1) is 36.1 Å². The molecular weight excluding hydrogens is 450 g/mol. The highest BCUT2D eigenvalue weighted by Gasteiger charge is 2.50. The van der Waals surface area contributed by atoms with Gasteiger partial charge in [0, 0.05) is 30.0 Å². The molecule has 1 aromatic carbocycles. The highest BCUT2D eigenvalue weighted by atomic mass is 19.3. The first-order valence-corrected chi connectivity index (χ1v) is 10.3. The smallest absolute Gasteiger partial charge is 0.325 e. The van der Waals surface area contributed by atoms with E-state index in [1.165, 1.54) is 27.9 Å². The minimum Gasteiger partial charge on any atom is -0.482 e. The van der Waals surface area contributed by atoms with Crippen LogP contribution in [-0.4, -0.2) is 59.9 Å². The first-order chi connectivity index (χ1) is 16.4. The molecule has 5 heterocycles. The highest BCUT2D eigenvalue weighted by Crippen LogP contribution is 2.36. The maximum Gasteiger partial charge on any atom is 0.325 e. The zero-order chi connectivity index (χ0) is 23.4. The molecule has 1 aliphatic heterocycles. The third-order valence-electron chi connectivity index (χ3n) is 5.73. The van der Waals surface area contributed by atoms with Gasteiger partial charge in [-0.3, -0.25) is 14.9 Å². The van der Waals surface area contributed by atoms with Gasteiger partial charge in [-0.05, 0) is 18.2 Å². The SMILES string of the molecule is O=c1[nH]cc(-c2cc(N3CC(Oc4ccc5cn[nH]c5c4)C(F)(F)C3)c3nccn3n2)c(=O)[nH]1. The van der Waals surface area contributed by atoms with E-state index < -0.39 is 29.8 Å². The monoisotopic (exact) mass is 466 g/mol. The van der Waals surface area contributed by atoms with Crippen LogP contribution in [0.1, 0.15) is 0 Å². The zero-order valence-electron chi connectivity index (χ0n) is 17.3. The maximum absolute atomic E-state index is 15.0. The van der Waals surface area contributed by atoms with Crippen molar-refractivity contribution in [3.8, 4) is 17.0 Å². The molecule has 1 fully saturated rings. The number of aromatic amines is 3. The average molecular weight is 466 g/mol. The number of hydrogen-bond acceptors (Lipinski definition) is 7. The molecule has 0 radical (unpaired) electrons. The summed E-state index contributed by atoms with van der Waals surface area (Å²) >= 11 is 0. The Balaban J connectivity index is 1.37. The Hall–Kier alpha value is -4.55. The third kappa shape index (κ3) is 3.29. The number of H-pyrrole nitrogens is 3. The minimum atomic E-state index is -3.16. The highest BCUT2D eigenvalue weighted by molar-refractivity contribution is 5.79. The molecular formula is C21H16F2N8O3. The Bertz CT molecular complexity index is 1650. The molecule has 34 heavy (non-hydrogen) atoms. The number of imidazole rings is 1. The Morgan fingerprint density at radius 3 is 2.94 bits per heavy atom. The van der Waals surface area contributed by atoms with Gasteiger partial charge in [-0.1, -0.05) is 0 Å². The normalized spacial score (nSPS) is 17.6. The van der Waals surface area contributed by atoms with Gasteiger partial charge in [0.15, 0.2) is 11.8 Å². The number of nitrogens with zero attached hydrogens (tertiary/aromatic N) is 5. The van der Waals surface area contributed by atoms with E-state index in [0.29, 0.717) is 22.6 Å². The summed E-state index contributed by atoms with van der Waals surface area (Å²) in [5.74, 6) is -2.87. The Kier molecular flexibility index (Phi) is 4.27. The van der Waals surface area contributed by atoms with Crippen molar-refractivity contribution in [1.29, 1.82) is 0 Å². The fourth-order valence-electron chi connectivity index (χ4n) is 4.08. The largest absolute Gasteiger partial charge is 0.482 e. The van der Waals surface area contributed by atoms with E-state index in [4.69, 9.17) is 4.74 Å². The first kappa shape index (κ1) is 20.1. The standard InChI is InChI=1S/C21H16F2N8O3/c22-21(23)10-30(9-17(21)34-12-2-1-11-7-26-28-14(11)5-12)16-6-15(29-31-4-3-24-18(16)31)13-8-25-20(33)27-19(13)32/h1-8,17H,9-10H2,(H,26,28)(H2,25,27,32,33). The number of nitrogens with one attached hydrogen (secondary N) is 3. The summed E-state index contributed by atoms with van der Waals surface area (Å²) in [5.41, 5.74) is 0.349. The fourth-order valence-corrected chi connectivity index (χ4v) is 4.08. The van der Waals surface area contributed by atoms with E-state index in [1.54, 1.807) is 30.6 Å². The van der Waals surface area contributed by atoms with Crippen molar-refractivity contribution in [1.82, 2.24) is 34.8 Å². The van der Waals surface area contributed by atoms with Gasteiger partial charge in [0.2, 0.25) is 0 Å². The van der Waals surface area contributed by atoms with E-state index in [2.05, 4.69) is 30.2 Å². The lowest BCUT2D eigenvalue weighted by atomic mass is 10.2. The number of hydrogen-bond donors (Lipinski definition) is 3. The molecule has 3 N–H and O–H groups in total. The number of aromatic nitrogens is 7. The van der Waals surface area contributed by atoms with Crippen molar-refractivity contribution >= 4 is 22.2 Å². The molecule has 1 unspecified atom stereocenters. The second-order valence-electron chi connectivity index (χ2n) is 7.96. The molecule has 1 saturated heterocycles. The number of fused-ring (bicyclic) bond motifs is 2. The van der Waals surface area contributed by atoms with Crippen molar-refractivity contribution in [2.24, 2.45) is 0 Å². The molecule has 5 aromatic rings. The second kappa shape index (κ2) is 7.23. The number of halogens is 2. The van der Waals surface area contributed by atoms with Crippen LogP contribution >= 0.6 is 0 Å². The van der Waals surface area contributed by atoms with Crippen molar-refractivity contribution in [2.45, 2.75) is 12.0 Å². The molecule has 0 aliphatic carbocycles. The van der Waals surface area contributed by atoms with Crippen LogP contribution in [-0.2, 0) is 0 Å². The van der Waals surface area contributed by atoms with E-state index >= 15 is 8.78 Å². The van der Waals surface area contributed by atoms with Crippen LogP contribution in [0.5, 0.6) is 5.75 Å². The summed E-state index contributed by atoms with van der Waals surface area (Å²) in [5, 5.41) is 11.9. The molecule has 6 rings (SSSR count). The van der Waals surface area contributed by atoms with Gasteiger partial charge >= 0.3 is 11.6 Å². The van der Waals surface area contributed by atoms with Crippen LogP contribution in [0.2, 0.25) is 0 Å². The lowest BCUT2D eigenvalue weighted by Gasteiger charge is -2.19. The predicted octanol–water partition coefficient (Wildman–Crippen LogP) is 1.55. The van der Waals surface area contributed by atoms with Crippen molar-refractivity contribution in [3.63, 3.8) is 0 Å². The van der Waals surface area contributed by atoms with Gasteiger partial charge in [-0.15, -0.1) is 0 Å². The number of ether oxygens (including phenoxy) is 1. The molecule has 13 heteroatoms. The Morgan fingerprint density at radius 1 is 1.21 bits per heavy atom. The quantitative estimate of drug-likeness (QED) is 0.366. The topological polar surface area (TPSA) is 137 Å². The molecule has 11 nitrogen and oxygen atoms in total. The average Bonchev–Trinajstić information content (AvgIpc) is 3.51. The van der Waals surface area contributed by atoms with Crippen LogP contribution in [0.4, 0.5) is 14.5 Å². The number of anilines is 1. The Morgan fingerprint density at radius 2 is 2.09 bits per heavy atom. The summed E-state index contributed by atoms with van der Waals surface area (Å²) in [6.07, 6.45) is 4.47. The summed E-state index contributed by atoms with van der Waals surface area (Å²) < 4.78 is 37.1. The van der Waals surface area contributed by atoms with E-state index in [0.717, 1.165) is 5.39 Å². The second-order valence-corrected chi connectivity index (χ2v) is 7.96. The van der Waals surface area contributed by atoms with Gasteiger partial charge in [0.1, 0.15) is 11.4 Å². The van der Waals surface area contributed by atoms with Crippen LogP contribution in [0, 0.1) is 0 Å². The van der Waals surface area contributed by atoms with Gasteiger partial charge < -0.3 is 14.6 Å². The van der Waals surface area contributed by atoms with Crippen LogP contribution < -0.4 is 20.9 Å². The van der Waals surface area contributed by atoms with E-state index in [9.17, 15) is 9.59 Å². The predicted molar refractivity (Wildman–Crippen MR) is 117 cm³/mol. The molecule has 1 atom stereocenters. The number of rotatable bonds is 4. The van der Waals surface area contributed by atoms with E-state index in [-0.39, 0.29) is 17.8 Å². The van der Waals surface area contributed by atoms with Crippen molar-refractivity contribution < 1.29 is 13.5 Å². The molecule has 1 aliphatic rings. The fraction of sp³-hybridized carbons (Fsp3) is 0.190. The third-order valence-corrected chi connectivity index (χ3v) is 5.73. The molecule has 0 saturated carbocycles. The summed E-state index contributed by atoms with van der Waals surface area (Å²) in [6.45, 7) is -0.736.